The van der Waals surface area contributed by atoms with Crippen LogP contribution in [0.3, 0.4) is 0 Å². The Morgan fingerprint density at radius 3 is 2.29 bits per heavy atom. The Labute approximate surface area is 188 Å². The van der Waals surface area contributed by atoms with Crippen LogP contribution in [0.5, 0.6) is 0 Å². The molecule has 3 aromatic carbocycles. The van der Waals surface area contributed by atoms with E-state index in [0.717, 1.165) is 6.07 Å². The molecule has 0 aliphatic carbocycles. The third-order valence-corrected chi connectivity index (χ3v) is 6.78. The predicted octanol–water partition coefficient (Wildman–Crippen LogP) is 4.74. The highest BCUT2D eigenvalue weighted by atomic mass is 35.5. The third-order valence-electron chi connectivity index (χ3n) is 4.19. The molecule has 0 aliphatic heterocycles. The van der Waals surface area contributed by atoms with Crippen LogP contribution >= 0.6 is 23.2 Å². The number of rotatable bonds is 7. The van der Waals surface area contributed by atoms with E-state index in [-0.39, 0.29) is 26.3 Å². The van der Waals surface area contributed by atoms with Crippen molar-refractivity contribution < 1.29 is 18.1 Å². The average Bonchev–Trinajstić information content (AvgIpc) is 2.76. The number of nitrogens with one attached hydrogen (secondary N) is 1. The molecule has 160 valence electrons. The number of para-hydroxylation sites is 2. The first-order chi connectivity index (χ1) is 14.7. The maximum absolute atomic E-state index is 13.3. The number of anilines is 2. The summed E-state index contributed by atoms with van der Waals surface area (Å²) in [6.45, 7) is -0.731. The third kappa shape index (κ3) is 4.96. The van der Waals surface area contributed by atoms with Gasteiger partial charge >= 0.3 is 0 Å². The first-order valence-electron chi connectivity index (χ1n) is 8.77. The van der Waals surface area contributed by atoms with E-state index in [9.17, 15) is 23.3 Å². The van der Waals surface area contributed by atoms with Gasteiger partial charge in [-0.3, -0.25) is 14.9 Å². The molecule has 3 rings (SSSR count). The van der Waals surface area contributed by atoms with E-state index in [4.69, 9.17) is 23.2 Å². The topological polar surface area (TPSA) is 110 Å². The smallest absolute Gasteiger partial charge is 0.293 e. The van der Waals surface area contributed by atoms with E-state index in [1.807, 2.05) is 0 Å². The molecule has 0 aliphatic rings. The maximum atomic E-state index is 13.3. The zero-order valence-electron chi connectivity index (χ0n) is 15.7. The van der Waals surface area contributed by atoms with Gasteiger partial charge in [0.1, 0.15) is 12.2 Å². The summed E-state index contributed by atoms with van der Waals surface area (Å²) in [5, 5.41) is 14.3. The zero-order valence-corrected chi connectivity index (χ0v) is 18.1. The molecule has 3 aromatic rings. The van der Waals surface area contributed by atoms with Crippen LogP contribution in [0.15, 0.2) is 77.7 Å². The number of carbonyl (C=O) groups excluding carboxylic acids is 1. The number of nitro groups is 1. The van der Waals surface area contributed by atoms with Gasteiger partial charge in [0.2, 0.25) is 5.91 Å². The summed E-state index contributed by atoms with van der Waals surface area (Å²) in [6.07, 6.45) is 0. The van der Waals surface area contributed by atoms with Crippen LogP contribution in [0.25, 0.3) is 0 Å². The number of amides is 1. The largest absolute Gasteiger partial charge is 0.323 e. The monoisotopic (exact) mass is 479 g/mol. The fourth-order valence-corrected chi connectivity index (χ4v) is 4.57. The summed E-state index contributed by atoms with van der Waals surface area (Å²) in [5.41, 5.74) is -0.530. The van der Waals surface area contributed by atoms with E-state index in [1.165, 1.54) is 54.6 Å². The fourth-order valence-electron chi connectivity index (χ4n) is 2.77. The number of halogens is 2. The first kappa shape index (κ1) is 22.5. The molecule has 0 atom stereocenters. The zero-order chi connectivity index (χ0) is 22.6. The van der Waals surface area contributed by atoms with E-state index in [2.05, 4.69) is 5.32 Å². The van der Waals surface area contributed by atoms with E-state index in [0.29, 0.717) is 4.31 Å². The predicted molar refractivity (Wildman–Crippen MR) is 119 cm³/mol. The lowest BCUT2D eigenvalue weighted by Crippen LogP contribution is -2.38. The summed E-state index contributed by atoms with van der Waals surface area (Å²) in [7, 11) is -4.31. The molecule has 1 amide bonds. The second kappa shape index (κ2) is 9.34. The summed E-state index contributed by atoms with van der Waals surface area (Å²) in [6, 6.07) is 17.2. The van der Waals surface area contributed by atoms with Gasteiger partial charge in [0.15, 0.2) is 0 Å². The Balaban J connectivity index is 2.04. The molecule has 1 N–H and O–H groups in total. The van der Waals surface area contributed by atoms with Gasteiger partial charge in [-0.25, -0.2) is 12.7 Å². The number of benzene rings is 3. The molecule has 0 saturated carbocycles. The molecular weight excluding hydrogens is 465 g/mol. The number of hydrogen-bond donors (Lipinski definition) is 1. The molecule has 0 spiro atoms. The number of nitrogens with zero attached hydrogens (tertiary/aromatic N) is 2. The summed E-state index contributed by atoms with van der Waals surface area (Å²) in [4.78, 5) is 23.4. The molecule has 11 heteroatoms. The van der Waals surface area contributed by atoms with Crippen molar-refractivity contribution >= 4 is 56.2 Å². The van der Waals surface area contributed by atoms with Crippen LogP contribution < -0.4 is 9.62 Å². The van der Waals surface area contributed by atoms with Crippen molar-refractivity contribution in [2.24, 2.45) is 0 Å². The van der Waals surface area contributed by atoms with Crippen molar-refractivity contribution in [3.05, 3.63) is 93.0 Å². The molecule has 0 radical (unpaired) electrons. The average molecular weight is 480 g/mol. The molecule has 0 saturated heterocycles. The number of nitro benzene ring substituents is 1. The molecule has 0 heterocycles. The number of sulfonamides is 1. The first-order valence-corrected chi connectivity index (χ1v) is 11.0. The summed E-state index contributed by atoms with van der Waals surface area (Å²) >= 11 is 12.0. The lowest BCUT2D eigenvalue weighted by atomic mass is 10.2. The van der Waals surface area contributed by atoms with Gasteiger partial charge in [-0.1, -0.05) is 59.6 Å². The molecule has 0 fully saturated rings. The maximum Gasteiger partial charge on any atom is 0.293 e. The molecular formula is C20H15Cl2N3O5S. The van der Waals surface area contributed by atoms with Crippen molar-refractivity contribution in [3.8, 4) is 0 Å². The molecule has 31 heavy (non-hydrogen) atoms. The Hall–Kier alpha value is -3.14. The van der Waals surface area contributed by atoms with Crippen LogP contribution in [-0.4, -0.2) is 25.8 Å². The van der Waals surface area contributed by atoms with Crippen LogP contribution in [0, 0.1) is 10.1 Å². The Morgan fingerprint density at radius 1 is 0.968 bits per heavy atom. The molecule has 0 bridgehead atoms. The molecule has 0 unspecified atom stereocenters. The minimum Gasteiger partial charge on any atom is -0.323 e. The standard InChI is InChI=1S/C20H15Cl2N3O5S/c21-15-9-6-10-16(20(15)22)23-19(26)13-24(17-11-4-5-12-18(17)25(27)28)31(29,30)14-7-2-1-3-8-14/h1-12H,13H2,(H,23,26). The van der Waals surface area contributed by atoms with Crippen molar-refractivity contribution in [2.75, 3.05) is 16.2 Å². The van der Waals surface area contributed by atoms with Crippen molar-refractivity contribution in [3.63, 3.8) is 0 Å². The Bertz CT molecular complexity index is 1240. The molecule has 8 nitrogen and oxygen atoms in total. The van der Waals surface area contributed by atoms with Gasteiger partial charge in [-0.15, -0.1) is 0 Å². The van der Waals surface area contributed by atoms with Crippen LogP contribution in [0.1, 0.15) is 0 Å². The van der Waals surface area contributed by atoms with Gasteiger partial charge in [0, 0.05) is 6.07 Å². The lowest BCUT2D eigenvalue weighted by Gasteiger charge is -2.24. The highest BCUT2D eigenvalue weighted by Gasteiger charge is 2.32. The normalized spacial score (nSPS) is 11.0. The second-order valence-electron chi connectivity index (χ2n) is 6.22. The van der Waals surface area contributed by atoms with Crippen LogP contribution in [0.4, 0.5) is 17.1 Å². The van der Waals surface area contributed by atoms with Crippen LogP contribution in [0.2, 0.25) is 10.0 Å². The summed E-state index contributed by atoms with van der Waals surface area (Å²) < 4.78 is 27.3. The van der Waals surface area contributed by atoms with Gasteiger partial charge in [-0.2, -0.15) is 0 Å². The molecule has 0 aromatic heterocycles. The van der Waals surface area contributed by atoms with Crippen molar-refractivity contribution in [1.82, 2.24) is 0 Å². The van der Waals surface area contributed by atoms with Gasteiger partial charge in [-0.05, 0) is 30.3 Å². The minimum absolute atomic E-state index is 0.0840. The quantitative estimate of drug-likeness (QED) is 0.388. The Morgan fingerprint density at radius 2 is 1.61 bits per heavy atom. The SMILES string of the molecule is O=C(CN(c1ccccc1[N+](=O)[O-])S(=O)(=O)c1ccccc1)Nc1cccc(Cl)c1Cl. The van der Waals surface area contributed by atoms with Gasteiger partial charge < -0.3 is 5.32 Å². The van der Waals surface area contributed by atoms with Crippen molar-refractivity contribution in [1.29, 1.82) is 0 Å². The highest BCUT2D eigenvalue weighted by molar-refractivity contribution is 7.92. The fraction of sp³-hybridized carbons (Fsp3) is 0.0500. The highest BCUT2D eigenvalue weighted by Crippen LogP contribution is 2.33. The second-order valence-corrected chi connectivity index (χ2v) is 8.87. The number of carbonyl (C=O) groups is 1. The number of hydrogen-bond acceptors (Lipinski definition) is 5. The Kier molecular flexibility index (Phi) is 6.79. The van der Waals surface area contributed by atoms with E-state index in [1.54, 1.807) is 12.1 Å². The lowest BCUT2D eigenvalue weighted by molar-refractivity contribution is -0.384. The van der Waals surface area contributed by atoms with E-state index >= 15 is 0 Å². The minimum atomic E-state index is -4.31. The van der Waals surface area contributed by atoms with Crippen LogP contribution in [-0.2, 0) is 14.8 Å². The van der Waals surface area contributed by atoms with Gasteiger partial charge in [0.25, 0.3) is 15.7 Å². The van der Waals surface area contributed by atoms with Gasteiger partial charge in [0.05, 0.1) is 25.6 Å². The van der Waals surface area contributed by atoms with Crippen molar-refractivity contribution in [2.45, 2.75) is 4.90 Å². The summed E-state index contributed by atoms with van der Waals surface area (Å²) in [5.74, 6) is -0.762. The van der Waals surface area contributed by atoms with E-state index < -0.39 is 33.1 Å².